The van der Waals surface area contributed by atoms with E-state index in [0.29, 0.717) is 11.9 Å². The van der Waals surface area contributed by atoms with Crippen LogP contribution in [0.25, 0.3) is 0 Å². The van der Waals surface area contributed by atoms with Gasteiger partial charge in [-0.15, -0.1) is 0 Å². The first-order chi connectivity index (χ1) is 10.7. The van der Waals surface area contributed by atoms with E-state index >= 15 is 0 Å². The Balaban J connectivity index is 1.94. The maximum Gasteiger partial charge on any atom is 0.228 e. The van der Waals surface area contributed by atoms with Crippen LogP contribution in [-0.2, 0) is 12.1 Å². The first-order valence-corrected chi connectivity index (χ1v) is 7.81. The van der Waals surface area contributed by atoms with Crippen molar-refractivity contribution in [3.8, 4) is 0 Å². The third-order valence-electron chi connectivity index (χ3n) is 4.22. The number of aromatic nitrogens is 3. The highest BCUT2D eigenvalue weighted by molar-refractivity contribution is 5.44. The summed E-state index contributed by atoms with van der Waals surface area (Å²) in [7, 11) is 0. The molecule has 2 atom stereocenters. The molecule has 0 radical (unpaired) electrons. The van der Waals surface area contributed by atoms with E-state index in [1.54, 1.807) is 0 Å². The summed E-state index contributed by atoms with van der Waals surface area (Å²) in [6.07, 6.45) is 0.995. The molecule has 1 aliphatic rings. The zero-order valence-corrected chi connectivity index (χ0v) is 13.9. The Morgan fingerprint density at radius 2 is 2.00 bits per heavy atom. The first-order valence-electron chi connectivity index (χ1n) is 7.81. The van der Waals surface area contributed by atoms with Crippen LogP contribution in [0.4, 0.5) is 16.3 Å². The number of alkyl halides is 1. The number of benzene rings is 1. The van der Waals surface area contributed by atoms with E-state index in [1.807, 2.05) is 0 Å². The van der Waals surface area contributed by atoms with E-state index in [9.17, 15) is 4.39 Å². The van der Waals surface area contributed by atoms with E-state index in [1.165, 1.54) is 30.5 Å². The fourth-order valence-electron chi connectivity index (χ4n) is 3.04. The van der Waals surface area contributed by atoms with Crippen LogP contribution in [0.1, 0.15) is 49.3 Å². The smallest absolute Gasteiger partial charge is 0.228 e. The zero-order chi connectivity index (χ0) is 16.8. The van der Waals surface area contributed by atoms with Crippen molar-refractivity contribution in [2.75, 3.05) is 11.1 Å². The van der Waals surface area contributed by atoms with Gasteiger partial charge in [-0.1, -0.05) is 30.7 Å². The summed E-state index contributed by atoms with van der Waals surface area (Å²) in [5, 5.41) is 3.32. The van der Waals surface area contributed by atoms with Gasteiger partial charge in [0, 0.05) is 0 Å². The van der Waals surface area contributed by atoms with Crippen LogP contribution < -0.4 is 11.1 Å². The van der Waals surface area contributed by atoms with Crippen LogP contribution in [0.15, 0.2) is 18.2 Å². The molecule has 0 unspecified atom stereocenters. The summed E-state index contributed by atoms with van der Waals surface area (Å²) in [6, 6.07) is 6.56. The van der Waals surface area contributed by atoms with Crippen LogP contribution in [0.3, 0.4) is 0 Å². The van der Waals surface area contributed by atoms with Gasteiger partial charge in [-0.3, -0.25) is 0 Å². The van der Waals surface area contributed by atoms with Gasteiger partial charge in [-0.2, -0.15) is 15.0 Å². The Labute approximate surface area is 135 Å². The minimum Gasteiger partial charge on any atom is -0.368 e. The summed E-state index contributed by atoms with van der Waals surface area (Å²) >= 11 is 0. The maximum atomic E-state index is 14.1. The van der Waals surface area contributed by atoms with Crippen LogP contribution in [0.5, 0.6) is 0 Å². The molecule has 6 heteroatoms. The number of nitrogens with one attached hydrogen (secondary N) is 1. The Kier molecular flexibility index (Phi) is 3.70. The molecule has 5 nitrogen and oxygen atoms in total. The summed E-state index contributed by atoms with van der Waals surface area (Å²) in [6.45, 7) is 7.06. The Morgan fingerprint density at radius 3 is 2.70 bits per heavy atom. The lowest BCUT2D eigenvalue weighted by Crippen LogP contribution is -2.21. The van der Waals surface area contributed by atoms with Crippen LogP contribution in [-0.4, -0.2) is 15.0 Å². The molecular formula is C17H22FN5. The third-order valence-corrected chi connectivity index (χ3v) is 4.22. The molecular weight excluding hydrogens is 293 g/mol. The van der Waals surface area contributed by atoms with Crippen molar-refractivity contribution < 1.29 is 4.39 Å². The molecule has 122 valence electrons. The van der Waals surface area contributed by atoms with Gasteiger partial charge < -0.3 is 11.1 Å². The van der Waals surface area contributed by atoms with Crippen molar-refractivity contribution in [1.29, 1.82) is 0 Å². The molecule has 1 aliphatic carbocycles. The molecule has 1 aromatic heterocycles. The number of hydrogen-bond acceptors (Lipinski definition) is 5. The molecule has 1 aromatic carbocycles. The highest BCUT2D eigenvalue weighted by atomic mass is 19.1. The predicted octanol–water partition coefficient (Wildman–Crippen LogP) is 3.31. The summed E-state index contributed by atoms with van der Waals surface area (Å²) in [5.74, 6) is 0.789. The molecule has 3 N–H and O–H groups in total. The number of nitrogens with two attached hydrogens (primary N) is 1. The van der Waals surface area contributed by atoms with Gasteiger partial charge in [0.25, 0.3) is 0 Å². The average Bonchev–Trinajstić information content (AvgIpc) is 2.73. The fraction of sp³-hybridized carbons (Fsp3) is 0.471. The first kappa shape index (κ1) is 15.6. The lowest BCUT2D eigenvalue weighted by molar-refractivity contribution is 0.206. The van der Waals surface area contributed by atoms with Gasteiger partial charge >= 0.3 is 0 Å². The Hall–Kier alpha value is -2.24. The highest BCUT2D eigenvalue weighted by Gasteiger charge is 2.31. The van der Waals surface area contributed by atoms with Crippen molar-refractivity contribution >= 4 is 11.9 Å². The minimum atomic E-state index is -1.66. The topological polar surface area (TPSA) is 76.7 Å². The molecule has 0 spiro atoms. The van der Waals surface area contributed by atoms with Gasteiger partial charge in [0.1, 0.15) is 0 Å². The van der Waals surface area contributed by atoms with E-state index in [0.717, 1.165) is 6.42 Å². The number of fused-ring (bicyclic) bond motifs is 1. The molecule has 0 aliphatic heterocycles. The van der Waals surface area contributed by atoms with Crippen molar-refractivity contribution in [3.63, 3.8) is 0 Å². The second-order valence-corrected chi connectivity index (χ2v) is 6.82. The molecule has 0 fully saturated rings. The standard InChI is InChI=1S/C17H22FN5/c1-9-5-6-11-8-10(2)13(12(11)7-9)20-16-22-14(17(3,4)18)21-15(19)23-16/h5-7,10,13H,8H2,1-4H3,(H3,19,20,21,22,23)/t10-,13+/m0/s1. The number of hydrogen-bond donors (Lipinski definition) is 2. The van der Waals surface area contributed by atoms with Crippen LogP contribution >= 0.6 is 0 Å². The highest BCUT2D eigenvalue weighted by Crippen LogP contribution is 2.38. The van der Waals surface area contributed by atoms with Gasteiger partial charge in [0.05, 0.1) is 6.04 Å². The quantitative estimate of drug-likeness (QED) is 0.908. The normalized spacial score (nSPS) is 20.4. The zero-order valence-electron chi connectivity index (χ0n) is 13.9. The van der Waals surface area contributed by atoms with Gasteiger partial charge in [0.2, 0.25) is 11.9 Å². The number of aryl methyl sites for hydroxylation is 1. The molecule has 0 bridgehead atoms. The van der Waals surface area contributed by atoms with E-state index in [2.05, 4.69) is 52.3 Å². The van der Waals surface area contributed by atoms with E-state index in [4.69, 9.17) is 5.73 Å². The number of anilines is 2. The predicted molar refractivity (Wildman–Crippen MR) is 88.8 cm³/mol. The number of rotatable bonds is 3. The molecule has 0 amide bonds. The third kappa shape index (κ3) is 3.11. The number of nitrogen functional groups attached to an aromatic ring is 1. The average molecular weight is 315 g/mol. The number of nitrogens with zero attached hydrogens (tertiary/aromatic N) is 3. The lowest BCUT2D eigenvalue weighted by Gasteiger charge is -2.20. The van der Waals surface area contributed by atoms with Gasteiger partial charge in [-0.25, -0.2) is 4.39 Å². The largest absolute Gasteiger partial charge is 0.368 e. The Bertz CT molecular complexity index is 738. The van der Waals surface area contributed by atoms with E-state index < -0.39 is 5.67 Å². The number of halogens is 1. The second-order valence-electron chi connectivity index (χ2n) is 6.82. The molecule has 23 heavy (non-hydrogen) atoms. The Morgan fingerprint density at radius 1 is 1.26 bits per heavy atom. The van der Waals surface area contributed by atoms with Crippen LogP contribution in [0, 0.1) is 12.8 Å². The molecule has 1 heterocycles. The van der Waals surface area contributed by atoms with Crippen molar-refractivity contribution in [1.82, 2.24) is 15.0 Å². The summed E-state index contributed by atoms with van der Waals surface area (Å²) in [4.78, 5) is 12.2. The monoisotopic (exact) mass is 315 g/mol. The minimum absolute atomic E-state index is 0.0262. The SMILES string of the molecule is Cc1ccc2c(c1)[C@H](Nc1nc(N)nc(C(C)(C)F)n1)[C@@H](C)C2. The fourth-order valence-corrected chi connectivity index (χ4v) is 3.04. The van der Waals surface area contributed by atoms with Crippen molar-refractivity contribution in [3.05, 3.63) is 40.7 Å². The van der Waals surface area contributed by atoms with Crippen LogP contribution in [0.2, 0.25) is 0 Å². The summed E-state index contributed by atoms with van der Waals surface area (Å²) < 4.78 is 14.1. The molecule has 0 saturated carbocycles. The van der Waals surface area contributed by atoms with E-state index in [-0.39, 0.29) is 17.8 Å². The van der Waals surface area contributed by atoms with Crippen molar-refractivity contribution in [2.45, 2.75) is 45.8 Å². The molecule has 2 aromatic rings. The molecule has 3 rings (SSSR count). The maximum absolute atomic E-state index is 14.1. The van der Waals surface area contributed by atoms with Crippen molar-refractivity contribution in [2.24, 2.45) is 5.92 Å². The van der Waals surface area contributed by atoms with Gasteiger partial charge in [0.15, 0.2) is 11.5 Å². The second kappa shape index (κ2) is 5.44. The lowest BCUT2D eigenvalue weighted by atomic mass is 10.0. The molecule has 0 saturated heterocycles. The van der Waals surface area contributed by atoms with Gasteiger partial charge in [-0.05, 0) is 44.2 Å². The summed E-state index contributed by atoms with van der Waals surface area (Å²) in [5.41, 5.74) is 7.84.